The maximum absolute atomic E-state index is 10.2. The van der Waals surface area contributed by atoms with Gasteiger partial charge >= 0.3 is 5.97 Å². The molecular formula is C6H9N3O2S. The largest absolute Gasteiger partial charge is 0.481 e. The van der Waals surface area contributed by atoms with Gasteiger partial charge < -0.3 is 5.11 Å². The van der Waals surface area contributed by atoms with Crippen molar-refractivity contribution in [1.82, 2.24) is 15.2 Å². The second-order valence-corrected chi connectivity index (χ2v) is 3.04. The van der Waals surface area contributed by atoms with Gasteiger partial charge in [-0.15, -0.1) is 5.10 Å². The molecule has 0 saturated carbocycles. The Morgan fingerprint density at radius 2 is 2.50 bits per heavy atom. The first-order chi connectivity index (χ1) is 5.72. The van der Waals surface area contributed by atoms with Gasteiger partial charge in [0.25, 0.3) is 0 Å². The Bertz CT molecular complexity index is 274. The van der Waals surface area contributed by atoms with Gasteiger partial charge in [0.2, 0.25) is 5.16 Å². The van der Waals surface area contributed by atoms with Crippen LogP contribution in [0, 0.1) is 0 Å². The number of H-pyrrole nitrogens is 1. The molecule has 66 valence electrons. The number of aliphatic carboxylic acids is 1. The lowest BCUT2D eigenvalue weighted by Gasteiger charge is -1.87. The van der Waals surface area contributed by atoms with Crippen LogP contribution in [0.2, 0.25) is 0 Å². The number of carboxylic acids is 1. The SMILES string of the molecule is CCc1nc(SCC(=O)O)n[nH]1. The normalized spacial score (nSPS) is 10.1. The topological polar surface area (TPSA) is 78.9 Å². The average molecular weight is 187 g/mol. The number of nitrogens with zero attached hydrogens (tertiary/aromatic N) is 2. The Morgan fingerprint density at radius 1 is 1.75 bits per heavy atom. The summed E-state index contributed by atoms with van der Waals surface area (Å²) in [5, 5.41) is 15.4. The van der Waals surface area contributed by atoms with E-state index in [-0.39, 0.29) is 5.75 Å². The van der Waals surface area contributed by atoms with E-state index < -0.39 is 5.97 Å². The zero-order valence-corrected chi connectivity index (χ0v) is 7.39. The fourth-order valence-electron chi connectivity index (χ4n) is 0.627. The minimum absolute atomic E-state index is 0.001000. The van der Waals surface area contributed by atoms with Crippen LogP contribution in [-0.4, -0.2) is 32.0 Å². The predicted octanol–water partition coefficient (Wildman–Crippen LogP) is 0.544. The van der Waals surface area contributed by atoms with Crippen LogP contribution < -0.4 is 0 Å². The molecule has 0 spiro atoms. The van der Waals surface area contributed by atoms with Gasteiger partial charge in [-0.3, -0.25) is 9.89 Å². The van der Waals surface area contributed by atoms with E-state index in [0.29, 0.717) is 5.16 Å². The average Bonchev–Trinajstić information content (AvgIpc) is 2.48. The fourth-order valence-corrected chi connectivity index (χ4v) is 1.16. The molecule has 1 aromatic rings. The van der Waals surface area contributed by atoms with E-state index in [4.69, 9.17) is 5.11 Å². The first-order valence-corrected chi connectivity index (χ1v) is 4.46. The quantitative estimate of drug-likeness (QED) is 0.673. The van der Waals surface area contributed by atoms with Crippen LogP contribution >= 0.6 is 11.8 Å². The van der Waals surface area contributed by atoms with Crippen molar-refractivity contribution < 1.29 is 9.90 Å². The van der Waals surface area contributed by atoms with E-state index in [9.17, 15) is 4.79 Å². The summed E-state index contributed by atoms with van der Waals surface area (Å²) in [6, 6.07) is 0. The van der Waals surface area contributed by atoms with E-state index in [0.717, 1.165) is 24.0 Å². The van der Waals surface area contributed by atoms with Crippen LogP contribution in [0.25, 0.3) is 0 Å². The van der Waals surface area contributed by atoms with Gasteiger partial charge in [-0.05, 0) is 0 Å². The molecule has 1 aromatic heterocycles. The Morgan fingerprint density at radius 3 is 3.00 bits per heavy atom. The number of aromatic nitrogens is 3. The lowest BCUT2D eigenvalue weighted by Crippen LogP contribution is -1.97. The van der Waals surface area contributed by atoms with Crippen molar-refractivity contribution >= 4 is 17.7 Å². The summed E-state index contributed by atoms with van der Waals surface area (Å²) in [6.45, 7) is 1.95. The number of carbonyl (C=O) groups is 1. The van der Waals surface area contributed by atoms with E-state index >= 15 is 0 Å². The van der Waals surface area contributed by atoms with Crippen LogP contribution in [0.4, 0.5) is 0 Å². The predicted molar refractivity (Wildman–Crippen MR) is 44.1 cm³/mol. The van der Waals surface area contributed by atoms with Crippen molar-refractivity contribution in [3.63, 3.8) is 0 Å². The Kier molecular flexibility index (Phi) is 3.09. The van der Waals surface area contributed by atoms with Gasteiger partial charge in [0.05, 0.1) is 5.75 Å². The Labute approximate surface area is 73.6 Å². The molecule has 0 radical (unpaired) electrons. The summed E-state index contributed by atoms with van der Waals surface area (Å²) in [4.78, 5) is 14.2. The zero-order chi connectivity index (χ0) is 8.97. The molecule has 5 nitrogen and oxygen atoms in total. The lowest BCUT2D eigenvalue weighted by atomic mass is 10.5. The standard InChI is InChI=1S/C6H9N3O2S/c1-2-4-7-6(9-8-4)12-3-5(10)11/h2-3H2,1H3,(H,10,11)(H,7,8,9). The number of thioether (sulfide) groups is 1. The molecule has 2 N–H and O–H groups in total. The van der Waals surface area contributed by atoms with Crippen molar-refractivity contribution in [3.05, 3.63) is 5.82 Å². The van der Waals surface area contributed by atoms with Gasteiger partial charge in [0, 0.05) is 6.42 Å². The van der Waals surface area contributed by atoms with Crippen molar-refractivity contribution in [3.8, 4) is 0 Å². The lowest BCUT2D eigenvalue weighted by molar-refractivity contribution is -0.133. The molecule has 0 aliphatic heterocycles. The highest BCUT2D eigenvalue weighted by molar-refractivity contribution is 7.99. The number of hydrogen-bond donors (Lipinski definition) is 2. The zero-order valence-electron chi connectivity index (χ0n) is 6.57. The maximum atomic E-state index is 10.2. The summed E-state index contributed by atoms with van der Waals surface area (Å²) in [5.74, 6) is -0.0770. The number of nitrogens with one attached hydrogen (secondary N) is 1. The van der Waals surface area contributed by atoms with Crippen molar-refractivity contribution in [2.75, 3.05) is 5.75 Å². The summed E-state index contributed by atoms with van der Waals surface area (Å²) in [5.41, 5.74) is 0. The van der Waals surface area contributed by atoms with Gasteiger partial charge in [0.1, 0.15) is 5.82 Å². The molecule has 0 atom stereocenters. The number of carboxylic acid groups (broad SMARTS) is 1. The molecule has 0 amide bonds. The van der Waals surface area contributed by atoms with Crippen LogP contribution in [0.15, 0.2) is 5.16 Å². The molecule has 0 fully saturated rings. The molecule has 6 heteroatoms. The fraction of sp³-hybridized carbons (Fsp3) is 0.500. The summed E-state index contributed by atoms with van der Waals surface area (Å²) >= 11 is 1.11. The summed E-state index contributed by atoms with van der Waals surface area (Å²) in [6.07, 6.45) is 0.778. The van der Waals surface area contributed by atoms with E-state index in [1.165, 1.54) is 0 Å². The van der Waals surface area contributed by atoms with Crippen LogP contribution in [0.1, 0.15) is 12.7 Å². The van der Waals surface area contributed by atoms with Crippen LogP contribution in [-0.2, 0) is 11.2 Å². The Balaban J connectivity index is 2.47. The third-order valence-electron chi connectivity index (χ3n) is 1.17. The molecule has 0 aliphatic rings. The van der Waals surface area contributed by atoms with Gasteiger partial charge in [-0.25, -0.2) is 4.98 Å². The van der Waals surface area contributed by atoms with E-state index in [1.54, 1.807) is 0 Å². The van der Waals surface area contributed by atoms with Crippen LogP contribution in [0.5, 0.6) is 0 Å². The highest BCUT2D eigenvalue weighted by Crippen LogP contribution is 2.11. The first kappa shape index (κ1) is 9.05. The van der Waals surface area contributed by atoms with Crippen LogP contribution in [0.3, 0.4) is 0 Å². The monoisotopic (exact) mass is 187 g/mol. The summed E-state index contributed by atoms with van der Waals surface area (Å²) < 4.78 is 0. The minimum Gasteiger partial charge on any atom is -0.481 e. The van der Waals surface area contributed by atoms with Crippen molar-refractivity contribution in [2.45, 2.75) is 18.5 Å². The van der Waals surface area contributed by atoms with E-state index in [1.807, 2.05) is 6.92 Å². The maximum Gasteiger partial charge on any atom is 0.313 e. The van der Waals surface area contributed by atoms with Gasteiger partial charge in [0.15, 0.2) is 0 Å². The second kappa shape index (κ2) is 4.10. The second-order valence-electron chi connectivity index (χ2n) is 2.10. The highest BCUT2D eigenvalue weighted by atomic mass is 32.2. The molecule has 0 saturated heterocycles. The van der Waals surface area contributed by atoms with E-state index in [2.05, 4.69) is 15.2 Å². The molecule has 12 heavy (non-hydrogen) atoms. The molecule has 0 unspecified atom stereocenters. The third-order valence-corrected chi connectivity index (χ3v) is 2.00. The molecule has 0 aromatic carbocycles. The molecule has 0 aliphatic carbocycles. The number of aryl methyl sites for hydroxylation is 1. The summed E-state index contributed by atoms with van der Waals surface area (Å²) in [7, 11) is 0. The third kappa shape index (κ3) is 2.54. The number of rotatable bonds is 4. The first-order valence-electron chi connectivity index (χ1n) is 3.48. The molecule has 1 rings (SSSR count). The molecule has 1 heterocycles. The Hall–Kier alpha value is -1.04. The minimum atomic E-state index is -0.858. The molecular weight excluding hydrogens is 178 g/mol. The molecule has 0 bridgehead atoms. The van der Waals surface area contributed by atoms with Crippen molar-refractivity contribution in [1.29, 1.82) is 0 Å². The smallest absolute Gasteiger partial charge is 0.313 e. The number of aromatic amines is 1. The number of hydrogen-bond acceptors (Lipinski definition) is 4. The van der Waals surface area contributed by atoms with Gasteiger partial charge in [-0.1, -0.05) is 18.7 Å². The van der Waals surface area contributed by atoms with Crippen molar-refractivity contribution in [2.24, 2.45) is 0 Å². The highest BCUT2D eigenvalue weighted by Gasteiger charge is 2.04. The van der Waals surface area contributed by atoms with Gasteiger partial charge in [-0.2, -0.15) is 0 Å².